The first-order valence-electron chi connectivity index (χ1n) is 5.22. The minimum absolute atomic E-state index is 0.0624. The van der Waals surface area contributed by atoms with Crippen molar-refractivity contribution in [1.82, 2.24) is 0 Å². The van der Waals surface area contributed by atoms with E-state index < -0.39 is 10.0 Å². The van der Waals surface area contributed by atoms with E-state index >= 15 is 0 Å². The molecule has 0 aromatic heterocycles. The molecular weight excluding hydrogens is 352 g/mol. The number of nitrogen functional groups attached to an aromatic ring is 1. The highest BCUT2D eigenvalue weighted by atomic mass is 79.9. The van der Waals surface area contributed by atoms with E-state index in [1.54, 1.807) is 36.4 Å². The summed E-state index contributed by atoms with van der Waals surface area (Å²) in [6.07, 6.45) is 0. The maximum atomic E-state index is 12.3. The zero-order chi connectivity index (χ0) is 14.0. The van der Waals surface area contributed by atoms with Crippen LogP contribution in [0.3, 0.4) is 0 Å². The molecule has 0 aliphatic carbocycles. The molecule has 0 bridgehead atoms. The minimum Gasteiger partial charge on any atom is -0.399 e. The lowest BCUT2D eigenvalue weighted by atomic mass is 10.3. The van der Waals surface area contributed by atoms with Crippen molar-refractivity contribution in [3.8, 4) is 0 Å². The Morgan fingerprint density at radius 2 is 1.84 bits per heavy atom. The van der Waals surface area contributed by atoms with E-state index in [0.29, 0.717) is 20.9 Å². The van der Waals surface area contributed by atoms with Crippen LogP contribution in [0.15, 0.2) is 51.8 Å². The highest BCUT2D eigenvalue weighted by Gasteiger charge is 2.19. The maximum absolute atomic E-state index is 12.3. The van der Waals surface area contributed by atoms with Gasteiger partial charge >= 0.3 is 0 Å². The van der Waals surface area contributed by atoms with Crippen molar-refractivity contribution < 1.29 is 8.42 Å². The molecule has 3 N–H and O–H groups in total. The number of nitrogens with one attached hydrogen (secondary N) is 1. The number of sulfonamides is 1. The Labute approximate surface area is 124 Å². The summed E-state index contributed by atoms with van der Waals surface area (Å²) in [6, 6.07) is 11.2. The molecule has 100 valence electrons. The Morgan fingerprint density at radius 3 is 2.53 bits per heavy atom. The number of hydrogen-bond donors (Lipinski definition) is 2. The molecule has 0 radical (unpaired) electrons. The number of hydrogen-bond acceptors (Lipinski definition) is 3. The lowest BCUT2D eigenvalue weighted by Gasteiger charge is -2.11. The zero-order valence-electron chi connectivity index (χ0n) is 9.60. The molecule has 0 fully saturated rings. The van der Waals surface area contributed by atoms with Crippen molar-refractivity contribution in [1.29, 1.82) is 0 Å². The molecule has 0 saturated heterocycles. The molecule has 0 atom stereocenters. The van der Waals surface area contributed by atoms with Crippen LogP contribution in [-0.4, -0.2) is 8.42 Å². The molecule has 2 rings (SSSR count). The van der Waals surface area contributed by atoms with Crippen LogP contribution in [0.2, 0.25) is 5.02 Å². The molecule has 0 unspecified atom stereocenters. The number of para-hydroxylation sites is 1. The van der Waals surface area contributed by atoms with Gasteiger partial charge < -0.3 is 5.73 Å². The Balaban J connectivity index is 2.44. The monoisotopic (exact) mass is 360 g/mol. The Morgan fingerprint density at radius 1 is 1.16 bits per heavy atom. The number of nitrogens with two attached hydrogens (primary N) is 1. The smallest absolute Gasteiger partial charge is 0.263 e. The van der Waals surface area contributed by atoms with Crippen molar-refractivity contribution >= 4 is 48.9 Å². The molecule has 4 nitrogen and oxygen atoms in total. The van der Waals surface area contributed by atoms with Gasteiger partial charge in [0.2, 0.25) is 0 Å². The van der Waals surface area contributed by atoms with E-state index in [-0.39, 0.29) is 4.90 Å². The first-order chi connectivity index (χ1) is 8.90. The van der Waals surface area contributed by atoms with Gasteiger partial charge in [0.25, 0.3) is 10.0 Å². The molecule has 7 heteroatoms. The second-order valence-electron chi connectivity index (χ2n) is 3.78. The Bertz CT molecular complexity index is 719. The van der Waals surface area contributed by atoms with E-state index in [1.807, 2.05) is 0 Å². The van der Waals surface area contributed by atoms with Gasteiger partial charge in [-0.3, -0.25) is 4.72 Å². The van der Waals surface area contributed by atoms with Gasteiger partial charge in [-0.25, -0.2) is 8.42 Å². The zero-order valence-corrected chi connectivity index (χ0v) is 12.8. The Kier molecular flexibility index (Phi) is 4.03. The van der Waals surface area contributed by atoms with Gasteiger partial charge in [-0.05, 0) is 46.3 Å². The third kappa shape index (κ3) is 3.20. The topological polar surface area (TPSA) is 72.2 Å². The largest absolute Gasteiger partial charge is 0.399 e. The Hall–Kier alpha value is -1.24. The number of benzene rings is 2. The molecule has 2 aromatic rings. The standard InChI is InChI=1S/C12H10BrClN2O2S/c13-9-6-5-8(15)7-12(9)19(17,18)16-11-4-2-1-3-10(11)14/h1-7,16H,15H2. The average molecular weight is 362 g/mol. The van der Waals surface area contributed by atoms with Crippen LogP contribution in [0.1, 0.15) is 0 Å². The predicted molar refractivity (Wildman–Crippen MR) is 80.8 cm³/mol. The van der Waals surface area contributed by atoms with Crippen LogP contribution < -0.4 is 10.5 Å². The fourth-order valence-electron chi connectivity index (χ4n) is 1.47. The fraction of sp³-hybridized carbons (Fsp3) is 0. The summed E-state index contributed by atoms with van der Waals surface area (Å²) in [6.45, 7) is 0. The minimum atomic E-state index is -3.75. The molecule has 0 aliphatic rings. The second-order valence-corrected chi connectivity index (χ2v) is 6.69. The van der Waals surface area contributed by atoms with Crippen molar-refractivity contribution in [2.45, 2.75) is 4.90 Å². The molecule has 0 saturated carbocycles. The summed E-state index contributed by atoms with van der Waals surface area (Å²) in [7, 11) is -3.75. The highest BCUT2D eigenvalue weighted by Crippen LogP contribution is 2.28. The van der Waals surface area contributed by atoms with Crippen LogP contribution in [0.5, 0.6) is 0 Å². The third-order valence-corrected chi connectivity index (χ3v) is 5.05. The summed E-state index contributed by atoms with van der Waals surface area (Å²) in [5.41, 5.74) is 6.29. The van der Waals surface area contributed by atoms with E-state index in [4.69, 9.17) is 17.3 Å². The van der Waals surface area contributed by atoms with Gasteiger partial charge in [0.05, 0.1) is 10.7 Å². The van der Waals surface area contributed by atoms with Crippen molar-refractivity contribution in [3.05, 3.63) is 52.0 Å². The maximum Gasteiger partial charge on any atom is 0.263 e. The van der Waals surface area contributed by atoms with Gasteiger partial charge in [-0.2, -0.15) is 0 Å². The summed E-state index contributed by atoms with van der Waals surface area (Å²) in [5, 5.41) is 0.325. The first-order valence-corrected chi connectivity index (χ1v) is 7.88. The molecule has 2 aromatic carbocycles. The molecule has 0 amide bonds. The van der Waals surface area contributed by atoms with Gasteiger partial charge in [0.1, 0.15) is 4.90 Å². The lowest BCUT2D eigenvalue weighted by molar-refractivity contribution is 0.601. The van der Waals surface area contributed by atoms with Gasteiger partial charge in [0.15, 0.2) is 0 Å². The van der Waals surface area contributed by atoms with Crippen LogP contribution in [0.4, 0.5) is 11.4 Å². The van der Waals surface area contributed by atoms with Crippen LogP contribution in [0, 0.1) is 0 Å². The van der Waals surface area contributed by atoms with Crippen LogP contribution >= 0.6 is 27.5 Å². The van der Waals surface area contributed by atoms with Crippen LogP contribution in [-0.2, 0) is 10.0 Å². The van der Waals surface area contributed by atoms with Crippen molar-refractivity contribution in [3.63, 3.8) is 0 Å². The van der Waals surface area contributed by atoms with Crippen molar-refractivity contribution in [2.75, 3.05) is 10.5 Å². The summed E-state index contributed by atoms with van der Waals surface area (Å²) < 4.78 is 27.4. The molecule has 0 aliphatic heterocycles. The fourth-order valence-corrected chi connectivity index (χ4v) is 3.79. The summed E-state index contributed by atoms with van der Waals surface area (Å²) >= 11 is 9.12. The van der Waals surface area contributed by atoms with E-state index in [9.17, 15) is 8.42 Å². The van der Waals surface area contributed by atoms with E-state index in [0.717, 1.165) is 0 Å². The third-order valence-electron chi connectivity index (χ3n) is 2.36. The molecular formula is C12H10BrClN2O2S. The number of halogens is 2. The highest BCUT2D eigenvalue weighted by molar-refractivity contribution is 9.10. The summed E-state index contributed by atoms with van der Waals surface area (Å²) in [4.78, 5) is 0.0624. The first kappa shape index (κ1) is 14.2. The number of rotatable bonds is 3. The lowest BCUT2D eigenvalue weighted by Crippen LogP contribution is -2.14. The summed E-state index contributed by atoms with van der Waals surface area (Å²) in [5.74, 6) is 0. The SMILES string of the molecule is Nc1ccc(Br)c(S(=O)(=O)Nc2ccccc2Cl)c1. The normalized spacial score (nSPS) is 11.3. The molecule has 0 spiro atoms. The van der Waals surface area contributed by atoms with Gasteiger partial charge in [0, 0.05) is 10.2 Å². The van der Waals surface area contributed by atoms with Crippen LogP contribution in [0.25, 0.3) is 0 Å². The molecule has 0 heterocycles. The number of anilines is 2. The average Bonchev–Trinajstić information content (AvgIpc) is 2.35. The second kappa shape index (κ2) is 5.40. The van der Waals surface area contributed by atoms with Crippen molar-refractivity contribution in [2.24, 2.45) is 0 Å². The van der Waals surface area contributed by atoms with Gasteiger partial charge in [-0.15, -0.1) is 0 Å². The van der Waals surface area contributed by atoms with E-state index in [1.165, 1.54) is 6.07 Å². The quantitative estimate of drug-likeness (QED) is 0.822. The predicted octanol–water partition coefficient (Wildman–Crippen LogP) is 3.49. The molecule has 19 heavy (non-hydrogen) atoms. The van der Waals surface area contributed by atoms with Gasteiger partial charge in [-0.1, -0.05) is 23.7 Å². The van der Waals surface area contributed by atoms with E-state index in [2.05, 4.69) is 20.7 Å².